The molecule has 9 nitrogen and oxygen atoms in total. The summed E-state index contributed by atoms with van der Waals surface area (Å²) in [6.45, 7) is -0.109. The molecule has 0 bridgehead atoms. The molecular formula is C12H14F2N4O5. The van der Waals surface area contributed by atoms with Gasteiger partial charge in [-0.2, -0.15) is 5.10 Å². The third kappa shape index (κ3) is 3.80. The topological polar surface area (TPSA) is 119 Å². The van der Waals surface area contributed by atoms with Crippen molar-refractivity contribution in [2.45, 2.75) is 19.4 Å². The minimum absolute atomic E-state index is 0.00266. The number of methoxy groups -OCH3 is 1. The lowest BCUT2D eigenvalue weighted by Gasteiger charge is -2.04. The quantitative estimate of drug-likeness (QED) is 0.538. The van der Waals surface area contributed by atoms with Crippen LogP contribution in [0.15, 0.2) is 9.59 Å². The van der Waals surface area contributed by atoms with Crippen molar-refractivity contribution < 1.29 is 23.0 Å². The van der Waals surface area contributed by atoms with Gasteiger partial charge in [0.25, 0.3) is 5.56 Å². The molecule has 126 valence electrons. The first kappa shape index (κ1) is 16.8. The molecule has 0 aromatic carbocycles. The Morgan fingerprint density at radius 3 is 2.70 bits per heavy atom. The molecular weight excluding hydrogens is 318 g/mol. The highest BCUT2D eigenvalue weighted by atomic mass is 19.3. The average Bonchev–Trinajstić information content (AvgIpc) is 2.84. The van der Waals surface area contributed by atoms with Crippen LogP contribution in [0.5, 0.6) is 0 Å². The van der Waals surface area contributed by atoms with Crippen molar-refractivity contribution in [2.24, 2.45) is 0 Å². The van der Waals surface area contributed by atoms with Gasteiger partial charge in [-0.3, -0.25) is 14.5 Å². The molecule has 0 amide bonds. The van der Waals surface area contributed by atoms with Crippen molar-refractivity contribution in [3.8, 4) is 0 Å². The Bertz CT molecular complexity index is 810. The summed E-state index contributed by atoms with van der Waals surface area (Å²) in [6.07, 6.45) is -2.86. The van der Waals surface area contributed by atoms with Crippen LogP contribution in [0.4, 0.5) is 8.78 Å². The van der Waals surface area contributed by atoms with Gasteiger partial charge in [0.1, 0.15) is 5.52 Å². The molecule has 0 saturated carbocycles. The van der Waals surface area contributed by atoms with E-state index in [0.29, 0.717) is 0 Å². The Morgan fingerprint density at radius 1 is 1.30 bits per heavy atom. The van der Waals surface area contributed by atoms with E-state index in [1.165, 1.54) is 0 Å². The molecule has 0 aliphatic heterocycles. The van der Waals surface area contributed by atoms with Crippen LogP contribution in [0.2, 0.25) is 0 Å². The summed E-state index contributed by atoms with van der Waals surface area (Å²) in [7, 11) is 1.13. The predicted octanol–water partition coefficient (Wildman–Crippen LogP) is -0.129. The zero-order valence-electron chi connectivity index (χ0n) is 12.1. The van der Waals surface area contributed by atoms with Crippen LogP contribution in [0, 0.1) is 0 Å². The second-order valence-electron chi connectivity index (χ2n) is 4.49. The number of carbonyl (C=O) groups is 1. The van der Waals surface area contributed by atoms with Crippen molar-refractivity contribution in [3.63, 3.8) is 0 Å². The van der Waals surface area contributed by atoms with Gasteiger partial charge in [0, 0.05) is 6.42 Å². The Morgan fingerprint density at radius 2 is 2.04 bits per heavy atom. The number of H-pyrrole nitrogens is 2. The van der Waals surface area contributed by atoms with Crippen molar-refractivity contribution in [2.75, 3.05) is 20.3 Å². The van der Waals surface area contributed by atoms with Crippen LogP contribution in [0.25, 0.3) is 11.0 Å². The third-order valence-corrected chi connectivity index (χ3v) is 2.94. The molecule has 0 aliphatic carbocycles. The van der Waals surface area contributed by atoms with E-state index in [4.69, 9.17) is 4.74 Å². The lowest BCUT2D eigenvalue weighted by molar-refractivity contribution is 0.0582. The number of nitrogens with zero attached hydrogens (tertiary/aromatic N) is 2. The minimum Gasteiger partial charge on any atom is -0.464 e. The number of alkyl halides is 2. The van der Waals surface area contributed by atoms with E-state index in [2.05, 4.69) is 14.8 Å². The second kappa shape index (κ2) is 7.13. The molecule has 0 spiro atoms. The molecule has 23 heavy (non-hydrogen) atoms. The molecule has 2 aromatic rings. The van der Waals surface area contributed by atoms with Gasteiger partial charge in [0.2, 0.25) is 6.43 Å². The first-order valence-corrected chi connectivity index (χ1v) is 6.61. The summed E-state index contributed by atoms with van der Waals surface area (Å²) >= 11 is 0. The number of rotatable bonds is 7. The highest BCUT2D eigenvalue weighted by molar-refractivity contribution is 5.99. The maximum Gasteiger partial charge on any atom is 0.360 e. The zero-order valence-corrected chi connectivity index (χ0v) is 12.1. The molecule has 2 aromatic heterocycles. The van der Waals surface area contributed by atoms with Crippen molar-refractivity contribution in [3.05, 3.63) is 26.5 Å². The summed E-state index contributed by atoms with van der Waals surface area (Å²) < 4.78 is 34.7. The Balaban J connectivity index is 2.27. The second-order valence-corrected chi connectivity index (χ2v) is 4.49. The van der Waals surface area contributed by atoms with E-state index in [0.717, 1.165) is 11.8 Å². The number of halogens is 2. The molecule has 2 heterocycles. The van der Waals surface area contributed by atoms with Gasteiger partial charge in [-0.25, -0.2) is 18.4 Å². The van der Waals surface area contributed by atoms with Gasteiger partial charge in [-0.1, -0.05) is 0 Å². The number of aromatic amines is 2. The van der Waals surface area contributed by atoms with E-state index in [1.807, 2.05) is 4.98 Å². The van der Waals surface area contributed by atoms with Gasteiger partial charge in [-0.15, -0.1) is 0 Å². The summed E-state index contributed by atoms with van der Waals surface area (Å²) in [5.74, 6) is -0.825. The van der Waals surface area contributed by atoms with Crippen LogP contribution >= 0.6 is 0 Å². The maximum atomic E-state index is 12.0. The lowest BCUT2D eigenvalue weighted by atomic mass is 10.3. The molecule has 0 radical (unpaired) electrons. The number of ether oxygens (including phenoxy) is 2. The molecule has 0 saturated heterocycles. The van der Waals surface area contributed by atoms with E-state index >= 15 is 0 Å². The number of esters is 1. The molecule has 0 atom stereocenters. The Kier molecular flexibility index (Phi) is 5.21. The van der Waals surface area contributed by atoms with Gasteiger partial charge in [-0.05, 0) is 0 Å². The fourth-order valence-corrected chi connectivity index (χ4v) is 1.95. The summed E-state index contributed by atoms with van der Waals surface area (Å²) in [4.78, 5) is 39.2. The number of hydrogen-bond donors (Lipinski definition) is 2. The first-order chi connectivity index (χ1) is 10.9. The largest absolute Gasteiger partial charge is 0.464 e. The standard InChI is InChI=1S/C12H14F2N4O5/c1-22-11(20)8-7-9(10(19)16-12(21)15-7)18(17-8)3-5-23-4-2-6(13)14/h6H,2-5H2,1H3,(H2,15,16,19,21). The Labute approximate surface area is 127 Å². The van der Waals surface area contributed by atoms with Gasteiger partial charge >= 0.3 is 11.7 Å². The van der Waals surface area contributed by atoms with Crippen LogP contribution in [0.1, 0.15) is 16.9 Å². The molecule has 2 rings (SSSR count). The van der Waals surface area contributed by atoms with Crippen molar-refractivity contribution >= 4 is 17.0 Å². The molecule has 11 heteroatoms. The normalized spacial score (nSPS) is 11.3. The summed E-state index contributed by atoms with van der Waals surface area (Å²) in [6, 6.07) is 0. The van der Waals surface area contributed by atoms with Crippen LogP contribution in [-0.2, 0) is 16.0 Å². The van der Waals surface area contributed by atoms with E-state index < -0.39 is 30.1 Å². The monoisotopic (exact) mass is 332 g/mol. The first-order valence-electron chi connectivity index (χ1n) is 6.61. The minimum atomic E-state index is -2.46. The predicted molar refractivity (Wildman–Crippen MR) is 73.8 cm³/mol. The number of carbonyl (C=O) groups excluding carboxylic acids is 1. The SMILES string of the molecule is COC(=O)c1nn(CCOCCC(F)F)c2c(=O)[nH]c(=O)[nH]c12. The zero-order chi connectivity index (χ0) is 17.0. The van der Waals surface area contributed by atoms with Crippen LogP contribution < -0.4 is 11.2 Å². The molecule has 0 fully saturated rings. The van der Waals surface area contributed by atoms with Gasteiger partial charge in [0.15, 0.2) is 11.2 Å². The molecule has 2 N–H and O–H groups in total. The molecule has 0 unspecified atom stereocenters. The molecule has 0 aliphatic rings. The number of fused-ring (bicyclic) bond motifs is 1. The Hall–Kier alpha value is -2.56. The van der Waals surface area contributed by atoms with E-state index in [-0.39, 0.29) is 36.5 Å². The van der Waals surface area contributed by atoms with Crippen molar-refractivity contribution in [1.29, 1.82) is 0 Å². The van der Waals surface area contributed by atoms with Crippen molar-refractivity contribution in [1.82, 2.24) is 19.7 Å². The smallest absolute Gasteiger partial charge is 0.360 e. The number of aromatic nitrogens is 4. The lowest BCUT2D eigenvalue weighted by Crippen LogP contribution is -2.24. The highest BCUT2D eigenvalue weighted by Gasteiger charge is 2.21. The van der Waals surface area contributed by atoms with Crippen LogP contribution in [0.3, 0.4) is 0 Å². The number of nitrogens with one attached hydrogen (secondary N) is 2. The summed E-state index contributed by atoms with van der Waals surface area (Å²) in [5, 5.41) is 3.92. The van der Waals surface area contributed by atoms with Gasteiger partial charge < -0.3 is 14.5 Å². The fraction of sp³-hybridized carbons (Fsp3) is 0.500. The highest BCUT2D eigenvalue weighted by Crippen LogP contribution is 2.12. The fourth-order valence-electron chi connectivity index (χ4n) is 1.95. The summed E-state index contributed by atoms with van der Waals surface area (Å²) in [5.41, 5.74) is -1.85. The average molecular weight is 332 g/mol. The number of hydrogen-bond acceptors (Lipinski definition) is 6. The van der Waals surface area contributed by atoms with E-state index in [1.54, 1.807) is 0 Å². The van der Waals surface area contributed by atoms with Gasteiger partial charge in [0.05, 0.1) is 26.9 Å². The van der Waals surface area contributed by atoms with Crippen LogP contribution in [-0.4, -0.2) is 52.5 Å². The third-order valence-electron chi connectivity index (χ3n) is 2.94. The van der Waals surface area contributed by atoms with E-state index in [9.17, 15) is 23.2 Å². The maximum absolute atomic E-state index is 12.0.